The maximum absolute atomic E-state index is 4.23. The Morgan fingerprint density at radius 2 is 2.00 bits per heavy atom. The van der Waals surface area contributed by atoms with Crippen molar-refractivity contribution in [3.8, 4) is 0 Å². The normalized spacial score (nSPS) is 10.8. The second-order valence-corrected chi connectivity index (χ2v) is 4.39. The van der Waals surface area contributed by atoms with Crippen molar-refractivity contribution in [2.75, 3.05) is 11.9 Å². The Bertz CT molecular complexity index is 675. The summed E-state index contributed by atoms with van der Waals surface area (Å²) in [4.78, 5) is 7.27. The molecule has 0 amide bonds. The fourth-order valence-corrected chi connectivity index (χ4v) is 2.10. The summed E-state index contributed by atoms with van der Waals surface area (Å²) < 4.78 is 0. The number of hydrogen-bond donors (Lipinski definition) is 2. The van der Waals surface area contributed by atoms with Gasteiger partial charge in [-0.05, 0) is 6.92 Å². The molecule has 0 aliphatic carbocycles. The molecule has 0 aliphatic heterocycles. The van der Waals surface area contributed by atoms with Crippen LogP contribution >= 0.6 is 0 Å². The van der Waals surface area contributed by atoms with Crippen molar-refractivity contribution in [1.29, 1.82) is 0 Å². The molecule has 0 spiro atoms. The number of anilines is 1. The lowest BCUT2D eigenvalue weighted by atomic mass is 10.1. The fourth-order valence-electron chi connectivity index (χ4n) is 2.10. The van der Waals surface area contributed by atoms with E-state index in [1.165, 1.54) is 0 Å². The lowest BCUT2D eigenvalue weighted by molar-refractivity contribution is 0.909. The minimum Gasteiger partial charge on any atom is -0.368 e. The van der Waals surface area contributed by atoms with Crippen LogP contribution in [0.5, 0.6) is 0 Å². The number of H-pyrrole nitrogens is 1. The number of benzene rings is 1. The predicted octanol–water partition coefficient (Wildman–Crippen LogP) is 2.32. The fraction of sp³-hybridized carbons (Fsp3) is 0.214. The number of hydrogen-bond acceptors (Lipinski definition) is 4. The molecule has 3 rings (SSSR count). The van der Waals surface area contributed by atoms with E-state index >= 15 is 0 Å². The number of nitrogens with one attached hydrogen (secondary N) is 2. The number of aromatic nitrogens is 4. The molecule has 0 aliphatic rings. The van der Waals surface area contributed by atoms with Crippen LogP contribution in [0.15, 0.2) is 36.7 Å². The smallest absolute Gasteiger partial charge is 0.156 e. The first-order valence-electron chi connectivity index (χ1n) is 6.29. The highest BCUT2D eigenvalue weighted by Gasteiger charge is 2.05. The molecule has 2 aromatic heterocycles. The molecule has 96 valence electrons. The molecule has 0 radical (unpaired) electrons. The van der Waals surface area contributed by atoms with Crippen molar-refractivity contribution in [3.63, 3.8) is 0 Å². The Morgan fingerprint density at radius 1 is 1.16 bits per heavy atom. The van der Waals surface area contributed by atoms with Gasteiger partial charge in [0.15, 0.2) is 5.82 Å². The topological polar surface area (TPSA) is 66.5 Å². The zero-order valence-electron chi connectivity index (χ0n) is 10.7. The van der Waals surface area contributed by atoms with Crippen LogP contribution in [0.2, 0.25) is 0 Å². The Hall–Kier alpha value is -2.43. The zero-order valence-corrected chi connectivity index (χ0v) is 10.7. The number of aromatic amines is 1. The van der Waals surface area contributed by atoms with Gasteiger partial charge in [0.25, 0.3) is 0 Å². The minimum absolute atomic E-state index is 0.773. The summed E-state index contributed by atoms with van der Waals surface area (Å²) in [6.07, 6.45) is 4.42. The van der Waals surface area contributed by atoms with Gasteiger partial charge in [-0.25, -0.2) is 4.98 Å². The largest absolute Gasteiger partial charge is 0.368 e. The van der Waals surface area contributed by atoms with Gasteiger partial charge in [-0.2, -0.15) is 5.10 Å². The number of aryl methyl sites for hydroxylation is 1. The quantitative estimate of drug-likeness (QED) is 0.748. The van der Waals surface area contributed by atoms with Gasteiger partial charge < -0.3 is 10.3 Å². The average molecular weight is 253 g/mol. The van der Waals surface area contributed by atoms with Crippen molar-refractivity contribution < 1.29 is 0 Å². The molecule has 2 heterocycles. The molecule has 5 heteroatoms. The van der Waals surface area contributed by atoms with E-state index in [0.717, 1.165) is 41.1 Å². The molecule has 0 saturated heterocycles. The first kappa shape index (κ1) is 11.6. The van der Waals surface area contributed by atoms with Crippen molar-refractivity contribution in [3.05, 3.63) is 48.2 Å². The van der Waals surface area contributed by atoms with Gasteiger partial charge in [0.1, 0.15) is 5.82 Å². The Kier molecular flexibility index (Phi) is 3.10. The maximum atomic E-state index is 4.23. The minimum atomic E-state index is 0.773. The molecule has 0 unspecified atom stereocenters. The third-order valence-corrected chi connectivity index (χ3v) is 3.08. The zero-order chi connectivity index (χ0) is 13.1. The molecule has 1 aromatic carbocycles. The third kappa shape index (κ3) is 2.40. The first-order valence-corrected chi connectivity index (χ1v) is 6.29. The summed E-state index contributed by atoms with van der Waals surface area (Å²) >= 11 is 0. The SMILES string of the molecule is Cc1nnc(NCCc2ncc[nH]2)c2ccccc12. The van der Waals surface area contributed by atoms with E-state index in [1.807, 2.05) is 25.3 Å². The summed E-state index contributed by atoms with van der Waals surface area (Å²) in [5.74, 6) is 1.80. The van der Waals surface area contributed by atoms with Crippen LogP contribution in [0.3, 0.4) is 0 Å². The molecule has 5 nitrogen and oxygen atoms in total. The van der Waals surface area contributed by atoms with Crippen LogP contribution in [-0.4, -0.2) is 26.7 Å². The highest BCUT2D eigenvalue weighted by Crippen LogP contribution is 2.21. The molecule has 0 bridgehead atoms. The van der Waals surface area contributed by atoms with Crippen molar-refractivity contribution in [2.24, 2.45) is 0 Å². The average Bonchev–Trinajstić information content (AvgIpc) is 2.95. The van der Waals surface area contributed by atoms with Gasteiger partial charge in [-0.15, -0.1) is 5.10 Å². The Labute approximate surface area is 111 Å². The standard InChI is InChI=1S/C14H15N5/c1-10-11-4-2-3-5-12(11)14(19-18-10)17-7-6-13-15-8-9-16-13/h2-5,8-9H,6-7H2,1H3,(H,15,16)(H,17,19). The molecule has 19 heavy (non-hydrogen) atoms. The van der Waals surface area contributed by atoms with Gasteiger partial charge in [0, 0.05) is 36.1 Å². The second-order valence-electron chi connectivity index (χ2n) is 4.39. The third-order valence-electron chi connectivity index (χ3n) is 3.08. The van der Waals surface area contributed by atoms with Gasteiger partial charge in [0.05, 0.1) is 5.69 Å². The van der Waals surface area contributed by atoms with E-state index in [-0.39, 0.29) is 0 Å². The van der Waals surface area contributed by atoms with Crippen LogP contribution < -0.4 is 5.32 Å². The lowest BCUT2D eigenvalue weighted by Gasteiger charge is -2.08. The van der Waals surface area contributed by atoms with Crippen LogP contribution in [0.25, 0.3) is 10.8 Å². The van der Waals surface area contributed by atoms with Gasteiger partial charge in [-0.1, -0.05) is 24.3 Å². The highest BCUT2D eigenvalue weighted by molar-refractivity contribution is 5.92. The van der Waals surface area contributed by atoms with Crippen molar-refractivity contribution in [2.45, 2.75) is 13.3 Å². The molecular weight excluding hydrogens is 238 g/mol. The second kappa shape index (κ2) is 5.06. The van der Waals surface area contributed by atoms with E-state index < -0.39 is 0 Å². The molecule has 3 aromatic rings. The van der Waals surface area contributed by atoms with Crippen molar-refractivity contribution >= 4 is 16.6 Å². The molecule has 0 fully saturated rings. The number of nitrogens with zero attached hydrogens (tertiary/aromatic N) is 3. The molecule has 0 saturated carbocycles. The van der Waals surface area contributed by atoms with E-state index in [1.54, 1.807) is 6.20 Å². The van der Waals surface area contributed by atoms with E-state index in [0.29, 0.717) is 0 Å². The van der Waals surface area contributed by atoms with E-state index in [4.69, 9.17) is 0 Å². The molecule has 2 N–H and O–H groups in total. The summed E-state index contributed by atoms with van der Waals surface area (Å²) in [5.41, 5.74) is 0.951. The summed E-state index contributed by atoms with van der Waals surface area (Å²) in [7, 11) is 0. The van der Waals surface area contributed by atoms with Crippen LogP contribution in [0.4, 0.5) is 5.82 Å². The van der Waals surface area contributed by atoms with Gasteiger partial charge in [-0.3, -0.25) is 0 Å². The number of imidazole rings is 1. The monoisotopic (exact) mass is 253 g/mol. The summed E-state index contributed by atoms with van der Waals surface area (Å²) in [6, 6.07) is 8.16. The Morgan fingerprint density at radius 3 is 2.79 bits per heavy atom. The van der Waals surface area contributed by atoms with Gasteiger partial charge >= 0.3 is 0 Å². The van der Waals surface area contributed by atoms with E-state index in [9.17, 15) is 0 Å². The van der Waals surface area contributed by atoms with Crippen molar-refractivity contribution in [1.82, 2.24) is 20.2 Å². The van der Waals surface area contributed by atoms with Crippen LogP contribution in [0, 0.1) is 6.92 Å². The number of fused-ring (bicyclic) bond motifs is 1. The summed E-state index contributed by atoms with van der Waals surface area (Å²) in [5, 5.41) is 14.0. The highest BCUT2D eigenvalue weighted by atomic mass is 15.2. The summed E-state index contributed by atoms with van der Waals surface area (Å²) in [6.45, 7) is 2.75. The lowest BCUT2D eigenvalue weighted by Crippen LogP contribution is -2.08. The first-order chi connectivity index (χ1) is 9.34. The van der Waals surface area contributed by atoms with Gasteiger partial charge in [0.2, 0.25) is 0 Å². The van der Waals surface area contributed by atoms with E-state index in [2.05, 4.69) is 37.6 Å². The predicted molar refractivity (Wildman–Crippen MR) is 75.1 cm³/mol. The number of rotatable bonds is 4. The molecular formula is C14H15N5. The molecule has 0 atom stereocenters. The van der Waals surface area contributed by atoms with Crippen LogP contribution in [0.1, 0.15) is 11.5 Å². The van der Waals surface area contributed by atoms with Crippen LogP contribution in [-0.2, 0) is 6.42 Å². The maximum Gasteiger partial charge on any atom is 0.156 e. The Balaban J connectivity index is 1.79.